The van der Waals surface area contributed by atoms with E-state index in [1.54, 1.807) is 0 Å². The first-order valence-corrected chi connectivity index (χ1v) is 7.01. The Hall–Kier alpha value is -1.06. The van der Waals surface area contributed by atoms with Crippen molar-refractivity contribution in [3.05, 3.63) is 0 Å². The van der Waals surface area contributed by atoms with Crippen molar-refractivity contribution < 1.29 is 18.8 Å². The van der Waals surface area contributed by atoms with Gasteiger partial charge in [-0.15, -0.1) is 0 Å². The van der Waals surface area contributed by atoms with Crippen LogP contribution in [0.3, 0.4) is 0 Å². The summed E-state index contributed by atoms with van der Waals surface area (Å²) in [6, 6.07) is 2.16. The summed E-state index contributed by atoms with van der Waals surface area (Å²) in [6.07, 6.45) is 1.95. The molecule has 1 aliphatic rings. The Kier molecular flexibility index (Phi) is 5.61. The van der Waals surface area contributed by atoms with E-state index in [0.717, 1.165) is 0 Å². The van der Waals surface area contributed by atoms with Crippen molar-refractivity contribution in [2.45, 2.75) is 64.5 Å². The van der Waals surface area contributed by atoms with Crippen molar-refractivity contribution >= 4 is 13.1 Å². The van der Waals surface area contributed by atoms with Gasteiger partial charge < -0.3 is 14.0 Å². The minimum Gasteiger partial charge on any atom is -0.469 e. The summed E-state index contributed by atoms with van der Waals surface area (Å²) < 4.78 is 16.5. The molecule has 1 atom stereocenters. The van der Waals surface area contributed by atoms with Crippen molar-refractivity contribution in [3.63, 3.8) is 0 Å². The fraction of sp³-hybridized carbons (Fsp3) is 0.857. The molecule has 0 aromatic rings. The lowest BCUT2D eigenvalue weighted by Gasteiger charge is -2.32. The van der Waals surface area contributed by atoms with Crippen molar-refractivity contribution in [3.8, 4) is 6.07 Å². The van der Waals surface area contributed by atoms with E-state index < -0.39 is 0 Å². The predicted molar refractivity (Wildman–Crippen MR) is 75.9 cm³/mol. The zero-order valence-corrected chi connectivity index (χ0v) is 13.1. The number of nitrogens with zero attached hydrogens (tertiary/aromatic N) is 1. The SMILES string of the molecule is COC(=O)CCC(CC#N)CB1OC(C)(C)C(C)(C)O1. The Morgan fingerprint density at radius 2 is 1.85 bits per heavy atom. The van der Waals surface area contributed by atoms with Crippen LogP contribution in [0.1, 0.15) is 47.0 Å². The van der Waals surface area contributed by atoms with Gasteiger partial charge in [0.1, 0.15) is 0 Å². The number of carbonyl (C=O) groups excluding carboxylic acids is 1. The largest absolute Gasteiger partial charge is 0.469 e. The van der Waals surface area contributed by atoms with E-state index in [1.807, 2.05) is 27.7 Å². The van der Waals surface area contributed by atoms with E-state index in [0.29, 0.717) is 25.6 Å². The number of hydrogen-bond donors (Lipinski definition) is 0. The average molecular weight is 281 g/mol. The average Bonchev–Trinajstić information content (AvgIpc) is 2.54. The fourth-order valence-corrected chi connectivity index (χ4v) is 2.19. The van der Waals surface area contributed by atoms with E-state index in [4.69, 9.17) is 14.6 Å². The molecule has 1 heterocycles. The van der Waals surface area contributed by atoms with Crippen LogP contribution in [0.5, 0.6) is 0 Å². The second-order valence-electron chi connectivity index (χ2n) is 6.26. The number of carbonyl (C=O) groups is 1. The maximum Gasteiger partial charge on any atom is 0.458 e. The Balaban J connectivity index is 2.55. The molecule has 0 bridgehead atoms. The molecule has 1 unspecified atom stereocenters. The van der Waals surface area contributed by atoms with Crippen LogP contribution < -0.4 is 0 Å². The minimum absolute atomic E-state index is 0.0776. The monoisotopic (exact) mass is 281 g/mol. The molecule has 20 heavy (non-hydrogen) atoms. The zero-order valence-electron chi connectivity index (χ0n) is 13.1. The van der Waals surface area contributed by atoms with Gasteiger partial charge in [0.25, 0.3) is 0 Å². The number of rotatable bonds is 6. The number of esters is 1. The molecular weight excluding hydrogens is 257 g/mol. The van der Waals surface area contributed by atoms with Crippen molar-refractivity contribution in [1.82, 2.24) is 0 Å². The van der Waals surface area contributed by atoms with Gasteiger partial charge in [-0.3, -0.25) is 4.79 Å². The normalized spacial score (nSPS) is 21.3. The molecule has 0 saturated carbocycles. The predicted octanol–water partition coefficient (Wildman–Crippen LogP) is 2.56. The van der Waals surface area contributed by atoms with Crippen LogP contribution in [0.15, 0.2) is 0 Å². The third kappa shape index (κ3) is 4.22. The van der Waals surface area contributed by atoms with E-state index in [2.05, 4.69) is 10.8 Å². The maximum absolute atomic E-state index is 11.2. The van der Waals surface area contributed by atoms with Crippen LogP contribution in [0.2, 0.25) is 6.32 Å². The molecule has 0 aromatic carbocycles. The zero-order chi connectivity index (χ0) is 15.4. The highest BCUT2D eigenvalue weighted by Crippen LogP contribution is 2.39. The van der Waals surface area contributed by atoms with Crippen LogP contribution in [0.4, 0.5) is 0 Å². The van der Waals surface area contributed by atoms with Gasteiger partial charge in [0.15, 0.2) is 0 Å². The highest BCUT2D eigenvalue weighted by molar-refractivity contribution is 6.45. The lowest BCUT2D eigenvalue weighted by molar-refractivity contribution is -0.140. The van der Waals surface area contributed by atoms with E-state index in [-0.39, 0.29) is 30.2 Å². The molecule has 0 spiro atoms. The molecule has 5 nitrogen and oxygen atoms in total. The number of nitriles is 1. The molecule has 6 heteroatoms. The van der Waals surface area contributed by atoms with E-state index in [9.17, 15) is 4.79 Å². The number of hydrogen-bond acceptors (Lipinski definition) is 5. The number of methoxy groups -OCH3 is 1. The maximum atomic E-state index is 11.2. The smallest absolute Gasteiger partial charge is 0.458 e. The highest BCUT2D eigenvalue weighted by Gasteiger charge is 2.51. The molecule has 1 aliphatic heterocycles. The van der Waals surface area contributed by atoms with Gasteiger partial charge in [-0.25, -0.2) is 0 Å². The van der Waals surface area contributed by atoms with Gasteiger partial charge in [-0.05, 0) is 46.4 Å². The molecule has 0 aliphatic carbocycles. The summed E-state index contributed by atoms with van der Waals surface area (Å²) in [6.45, 7) is 8.00. The molecule has 0 amide bonds. The lowest BCUT2D eigenvalue weighted by atomic mass is 9.75. The third-order valence-electron chi connectivity index (χ3n) is 4.19. The Morgan fingerprint density at radius 3 is 2.30 bits per heavy atom. The van der Waals surface area contributed by atoms with Crippen LogP contribution in [0, 0.1) is 17.2 Å². The van der Waals surface area contributed by atoms with Crippen molar-refractivity contribution in [1.29, 1.82) is 5.26 Å². The molecule has 1 rings (SSSR count). The van der Waals surface area contributed by atoms with Crippen LogP contribution >= 0.6 is 0 Å². The summed E-state index contributed by atoms with van der Waals surface area (Å²) in [5.74, 6) is -0.171. The lowest BCUT2D eigenvalue weighted by Crippen LogP contribution is -2.41. The van der Waals surface area contributed by atoms with Crippen LogP contribution in [-0.2, 0) is 18.8 Å². The van der Waals surface area contributed by atoms with Crippen molar-refractivity contribution in [2.75, 3.05) is 7.11 Å². The molecule has 112 valence electrons. The van der Waals surface area contributed by atoms with Gasteiger partial charge in [-0.2, -0.15) is 5.26 Å². The molecule has 0 radical (unpaired) electrons. The summed E-state index contributed by atoms with van der Waals surface area (Å²) in [5.41, 5.74) is -0.728. The second-order valence-corrected chi connectivity index (χ2v) is 6.26. The summed E-state index contributed by atoms with van der Waals surface area (Å²) in [5, 5.41) is 8.89. The first kappa shape index (κ1) is 17.0. The van der Waals surface area contributed by atoms with Gasteiger partial charge in [0.2, 0.25) is 0 Å². The highest BCUT2D eigenvalue weighted by atomic mass is 16.7. The van der Waals surface area contributed by atoms with Crippen LogP contribution in [0.25, 0.3) is 0 Å². The summed E-state index contributed by atoms with van der Waals surface area (Å²) in [4.78, 5) is 11.2. The standard InChI is InChI=1S/C14H24BNO4/c1-13(2)14(3,4)20-15(19-13)10-11(8-9-16)6-7-12(17)18-5/h11H,6-8,10H2,1-5H3. The summed E-state index contributed by atoms with van der Waals surface area (Å²) >= 11 is 0. The van der Waals surface area contributed by atoms with Gasteiger partial charge in [-0.1, -0.05) is 0 Å². The van der Waals surface area contributed by atoms with Crippen molar-refractivity contribution in [2.24, 2.45) is 5.92 Å². The Bertz CT molecular complexity index is 373. The van der Waals surface area contributed by atoms with Gasteiger partial charge in [0.05, 0.1) is 24.4 Å². The molecule has 1 fully saturated rings. The Morgan fingerprint density at radius 1 is 1.30 bits per heavy atom. The molecular formula is C14H24BNO4. The van der Waals surface area contributed by atoms with E-state index in [1.165, 1.54) is 7.11 Å². The first-order valence-electron chi connectivity index (χ1n) is 7.01. The second kappa shape index (κ2) is 6.60. The topological polar surface area (TPSA) is 68.6 Å². The van der Waals surface area contributed by atoms with Gasteiger partial charge in [0, 0.05) is 12.8 Å². The Labute approximate surface area is 121 Å². The van der Waals surface area contributed by atoms with E-state index >= 15 is 0 Å². The molecule has 1 saturated heterocycles. The third-order valence-corrected chi connectivity index (χ3v) is 4.19. The first-order chi connectivity index (χ1) is 9.21. The number of ether oxygens (including phenoxy) is 1. The summed E-state index contributed by atoms with van der Waals surface area (Å²) in [7, 11) is 1.05. The minimum atomic E-state index is -0.364. The van der Waals surface area contributed by atoms with Gasteiger partial charge >= 0.3 is 13.1 Å². The van der Waals surface area contributed by atoms with Crippen LogP contribution in [-0.4, -0.2) is 31.4 Å². The molecule has 0 aromatic heterocycles. The molecule has 0 N–H and O–H groups in total. The fourth-order valence-electron chi connectivity index (χ4n) is 2.19. The quantitative estimate of drug-likeness (QED) is 0.553.